The zero-order valence-electron chi connectivity index (χ0n) is 15.2. The van der Waals surface area contributed by atoms with E-state index in [0.717, 1.165) is 16.6 Å². The summed E-state index contributed by atoms with van der Waals surface area (Å²) in [5, 5.41) is 11.1. The second kappa shape index (κ2) is 6.46. The maximum Gasteiger partial charge on any atom is 0.265 e. The van der Waals surface area contributed by atoms with Gasteiger partial charge in [-0.15, -0.1) is 0 Å². The van der Waals surface area contributed by atoms with Crippen molar-refractivity contribution in [1.82, 2.24) is 10.2 Å². The number of nitrogens with one attached hydrogen (secondary N) is 2. The van der Waals surface area contributed by atoms with E-state index in [-0.39, 0.29) is 11.4 Å². The Morgan fingerprint density at radius 3 is 2.62 bits per heavy atom. The molecule has 2 N–H and O–H groups in total. The number of nitrogens with zero attached hydrogens (tertiary/aromatic N) is 2. The lowest BCUT2D eigenvalue weighted by Gasteiger charge is -2.18. The quantitative estimate of drug-likeness (QED) is 0.545. The maximum absolute atomic E-state index is 13.0. The molecule has 144 valence electrons. The molecule has 2 heterocycles. The van der Waals surface area contributed by atoms with Gasteiger partial charge in [-0.25, -0.2) is 8.42 Å². The van der Waals surface area contributed by atoms with Crippen molar-refractivity contribution in [3.05, 3.63) is 72.9 Å². The van der Waals surface area contributed by atoms with Gasteiger partial charge in [-0.3, -0.25) is 14.2 Å². The first-order valence-electron chi connectivity index (χ1n) is 8.98. The van der Waals surface area contributed by atoms with Crippen LogP contribution in [0.15, 0.2) is 77.8 Å². The first-order chi connectivity index (χ1) is 14.0. The van der Waals surface area contributed by atoms with E-state index in [2.05, 4.69) is 15.5 Å². The molecule has 29 heavy (non-hydrogen) atoms. The minimum atomic E-state index is -3.77. The molecule has 8 heteroatoms. The topological polar surface area (TPSA) is 95.2 Å². The van der Waals surface area contributed by atoms with Gasteiger partial charge >= 0.3 is 0 Å². The molecular weight excluding hydrogens is 388 g/mol. The zero-order chi connectivity index (χ0) is 20.0. The summed E-state index contributed by atoms with van der Waals surface area (Å²) in [6.45, 7) is -0.301. The molecule has 0 spiro atoms. The minimum absolute atomic E-state index is 0.236. The van der Waals surface area contributed by atoms with Gasteiger partial charge in [-0.05, 0) is 35.7 Å². The summed E-state index contributed by atoms with van der Waals surface area (Å²) in [5.41, 5.74) is 2.80. The lowest BCUT2D eigenvalue weighted by Crippen LogP contribution is -2.35. The van der Waals surface area contributed by atoms with Crippen LogP contribution in [-0.2, 0) is 14.8 Å². The number of sulfonamides is 1. The summed E-state index contributed by atoms with van der Waals surface area (Å²) in [6, 6.07) is 19.6. The van der Waals surface area contributed by atoms with Gasteiger partial charge in [0.25, 0.3) is 10.0 Å². The van der Waals surface area contributed by atoms with Crippen molar-refractivity contribution in [3.8, 4) is 11.3 Å². The molecule has 1 aromatic heterocycles. The summed E-state index contributed by atoms with van der Waals surface area (Å²) in [5.74, 6) is -0.417. The Hall–Kier alpha value is -3.65. The molecule has 1 amide bonds. The predicted molar refractivity (Wildman–Crippen MR) is 111 cm³/mol. The molecule has 0 saturated heterocycles. The molecule has 0 saturated carbocycles. The smallest absolute Gasteiger partial charge is 0.265 e. The van der Waals surface area contributed by atoms with Crippen LogP contribution < -0.4 is 9.62 Å². The summed E-state index contributed by atoms with van der Waals surface area (Å²) in [6.07, 6.45) is 1.65. The molecule has 3 aromatic carbocycles. The van der Waals surface area contributed by atoms with Crippen LogP contribution >= 0.6 is 0 Å². The lowest BCUT2D eigenvalue weighted by atomic mass is 10.1. The van der Waals surface area contributed by atoms with Gasteiger partial charge in [0.1, 0.15) is 6.54 Å². The van der Waals surface area contributed by atoms with Crippen molar-refractivity contribution in [1.29, 1.82) is 0 Å². The average molecular weight is 404 g/mol. The number of hydrogen-bond acceptors (Lipinski definition) is 4. The highest BCUT2D eigenvalue weighted by atomic mass is 32.2. The number of rotatable bonds is 4. The van der Waals surface area contributed by atoms with Crippen LogP contribution in [0.25, 0.3) is 22.0 Å². The monoisotopic (exact) mass is 404 g/mol. The molecule has 0 unspecified atom stereocenters. The van der Waals surface area contributed by atoms with Crippen molar-refractivity contribution in [3.63, 3.8) is 0 Å². The fourth-order valence-corrected chi connectivity index (χ4v) is 5.31. The number of carbonyl (C=O) groups is 1. The number of benzene rings is 3. The van der Waals surface area contributed by atoms with Gasteiger partial charge < -0.3 is 5.32 Å². The van der Waals surface area contributed by atoms with Crippen LogP contribution in [0.1, 0.15) is 0 Å². The zero-order valence-corrected chi connectivity index (χ0v) is 16.0. The first-order valence-corrected chi connectivity index (χ1v) is 10.4. The minimum Gasteiger partial charge on any atom is -0.324 e. The van der Waals surface area contributed by atoms with Crippen molar-refractivity contribution in [2.24, 2.45) is 0 Å². The second-order valence-electron chi connectivity index (χ2n) is 6.74. The molecule has 4 aromatic rings. The van der Waals surface area contributed by atoms with E-state index in [1.807, 2.05) is 30.3 Å². The molecule has 5 rings (SSSR count). The normalized spacial score (nSPS) is 14.3. The van der Waals surface area contributed by atoms with E-state index < -0.39 is 15.9 Å². The number of carbonyl (C=O) groups excluding carboxylic acids is 1. The van der Waals surface area contributed by atoms with Crippen LogP contribution in [0.3, 0.4) is 0 Å². The fourth-order valence-electron chi connectivity index (χ4n) is 3.64. The van der Waals surface area contributed by atoms with Crippen molar-refractivity contribution >= 4 is 38.1 Å². The van der Waals surface area contributed by atoms with Crippen molar-refractivity contribution in [2.75, 3.05) is 16.2 Å². The fraction of sp³-hybridized carbons (Fsp3) is 0.0476. The molecule has 0 bridgehead atoms. The number of anilines is 2. The third-order valence-electron chi connectivity index (χ3n) is 4.93. The van der Waals surface area contributed by atoms with Crippen LogP contribution in [0, 0.1) is 0 Å². The van der Waals surface area contributed by atoms with Crippen LogP contribution in [0.2, 0.25) is 0 Å². The van der Waals surface area contributed by atoms with E-state index in [1.54, 1.807) is 42.6 Å². The summed E-state index contributed by atoms with van der Waals surface area (Å²) in [4.78, 5) is 12.9. The summed E-state index contributed by atoms with van der Waals surface area (Å²) >= 11 is 0. The molecule has 7 nitrogen and oxygen atoms in total. The van der Waals surface area contributed by atoms with Gasteiger partial charge in [0, 0.05) is 22.8 Å². The Balaban J connectivity index is 1.42. The third-order valence-corrected chi connectivity index (χ3v) is 6.73. The molecule has 0 atom stereocenters. The third kappa shape index (κ3) is 2.85. The van der Waals surface area contributed by atoms with Crippen LogP contribution in [0.4, 0.5) is 11.4 Å². The predicted octanol–water partition coefficient (Wildman–Crippen LogP) is 3.38. The van der Waals surface area contributed by atoms with E-state index in [9.17, 15) is 13.2 Å². The SMILES string of the molecule is O=C(CN1c2cccc3cccc(c23)S1(=O)=O)Nc1cccc(-c2ccn[nH]2)c1. The lowest BCUT2D eigenvalue weighted by molar-refractivity contribution is -0.114. The van der Waals surface area contributed by atoms with Crippen molar-refractivity contribution < 1.29 is 13.2 Å². The Bertz CT molecular complexity index is 1340. The molecule has 0 aliphatic carbocycles. The van der Waals surface area contributed by atoms with Gasteiger partial charge in [0.15, 0.2) is 0 Å². The van der Waals surface area contributed by atoms with Crippen molar-refractivity contribution in [2.45, 2.75) is 4.90 Å². The van der Waals surface area contributed by atoms with Gasteiger partial charge in [0.05, 0.1) is 16.3 Å². The number of amides is 1. The Morgan fingerprint density at radius 2 is 1.83 bits per heavy atom. The second-order valence-corrected chi connectivity index (χ2v) is 8.57. The van der Waals surface area contributed by atoms with Crippen LogP contribution in [-0.4, -0.2) is 31.1 Å². The standard InChI is InChI=1S/C21H16N4O3S/c26-20(23-16-7-1-6-15(12-16)17-10-11-22-24-17)13-25-18-8-2-4-14-5-3-9-19(21(14)18)29(25,27)28/h1-12H,13H2,(H,22,24)(H,23,26). The van der Waals surface area contributed by atoms with Gasteiger partial charge in [-0.1, -0.05) is 36.4 Å². The number of H-pyrrole nitrogens is 1. The highest BCUT2D eigenvalue weighted by Crippen LogP contribution is 2.41. The number of hydrogen-bond donors (Lipinski definition) is 2. The molecule has 1 aliphatic heterocycles. The molecule has 0 radical (unpaired) electrons. The highest BCUT2D eigenvalue weighted by Gasteiger charge is 2.36. The summed E-state index contributed by atoms with van der Waals surface area (Å²) < 4.78 is 27.2. The Morgan fingerprint density at radius 1 is 1.03 bits per heavy atom. The number of aromatic nitrogens is 2. The summed E-state index contributed by atoms with van der Waals surface area (Å²) in [7, 11) is -3.77. The molecule has 1 aliphatic rings. The number of aromatic amines is 1. The van der Waals surface area contributed by atoms with E-state index in [4.69, 9.17) is 0 Å². The van der Waals surface area contributed by atoms with E-state index in [0.29, 0.717) is 16.8 Å². The first kappa shape index (κ1) is 17.4. The van der Waals surface area contributed by atoms with E-state index in [1.165, 1.54) is 4.31 Å². The Labute approximate surface area is 167 Å². The average Bonchev–Trinajstić information content (AvgIpc) is 3.32. The highest BCUT2D eigenvalue weighted by molar-refractivity contribution is 7.93. The maximum atomic E-state index is 13.0. The van der Waals surface area contributed by atoms with Crippen LogP contribution in [0.5, 0.6) is 0 Å². The van der Waals surface area contributed by atoms with E-state index >= 15 is 0 Å². The van der Waals surface area contributed by atoms with Gasteiger partial charge in [-0.2, -0.15) is 5.10 Å². The Kier molecular flexibility index (Phi) is 3.88. The largest absolute Gasteiger partial charge is 0.324 e. The van der Waals surface area contributed by atoms with Gasteiger partial charge in [0.2, 0.25) is 5.91 Å². The molecular formula is C21H16N4O3S. The molecule has 0 fully saturated rings.